The number of aromatic nitrogens is 2. The number of primary amides is 1. The molecule has 6 nitrogen and oxygen atoms in total. The van der Waals surface area contributed by atoms with Gasteiger partial charge in [0.25, 0.3) is 0 Å². The average Bonchev–Trinajstić information content (AvgIpc) is 2.67. The van der Waals surface area contributed by atoms with Crippen LogP contribution in [0.5, 0.6) is 0 Å². The maximum atomic E-state index is 11.8. The molecule has 2 aromatic heterocycles. The molecule has 1 aliphatic rings. The summed E-state index contributed by atoms with van der Waals surface area (Å²) in [7, 11) is 0. The number of anilines is 1. The van der Waals surface area contributed by atoms with Crippen LogP contribution in [0.3, 0.4) is 0 Å². The van der Waals surface area contributed by atoms with Gasteiger partial charge in [0.15, 0.2) is 0 Å². The van der Waals surface area contributed by atoms with Gasteiger partial charge in [-0.3, -0.25) is 9.78 Å². The molecule has 26 heavy (non-hydrogen) atoms. The third-order valence-electron chi connectivity index (χ3n) is 4.70. The van der Waals surface area contributed by atoms with E-state index in [1.807, 2.05) is 31.2 Å². The zero-order chi connectivity index (χ0) is 18.1. The highest BCUT2D eigenvalue weighted by Gasteiger charge is 2.15. The summed E-state index contributed by atoms with van der Waals surface area (Å²) in [5.74, 6) is 0.510. The number of carbonyl (C=O) groups is 1. The number of rotatable bonds is 3. The topological polar surface area (TPSA) is 81.3 Å². The molecular weight excluding hydrogens is 328 g/mol. The standard InChI is InChI=1S/C20H20N4O2/c1-13-19(16(20(21)25)6-7-22-13)15-2-4-17-14(12-15)3-5-18(23-17)24-8-10-26-11-9-24/h2-7,12H,8-11H2,1H3,(H2,21,25). The van der Waals surface area contributed by atoms with E-state index in [2.05, 4.69) is 16.0 Å². The molecule has 0 unspecified atom stereocenters. The Balaban J connectivity index is 1.76. The Morgan fingerprint density at radius 3 is 2.73 bits per heavy atom. The minimum Gasteiger partial charge on any atom is -0.378 e. The predicted molar refractivity (Wildman–Crippen MR) is 101 cm³/mol. The molecule has 3 heterocycles. The van der Waals surface area contributed by atoms with Crippen molar-refractivity contribution in [3.63, 3.8) is 0 Å². The van der Waals surface area contributed by atoms with E-state index in [1.165, 1.54) is 0 Å². The average molecular weight is 348 g/mol. The van der Waals surface area contributed by atoms with Gasteiger partial charge in [-0.15, -0.1) is 0 Å². The van der Waals surface area contributed by atoms with Crippen LogP contribution in [0.1, 0.15) is 16.1 Å². The lowest BCUT2D eigenvalue weighted by molar-refractivity contribution is 0.100. The van der Waals surface area contributed by atoms with Crippen molar-refractivity contribution in [1.82, 2.24) is 9.97 Å². The third kappa shape index (κ3) is 2.99. The Morgan fingerprint density at radius 1 is 1.15 bits per heavy atom. The van der Waals surface area contributed by atoms with Crippen LogP contribution in [0.15, 0.2) is 42.6 Å². The van der Waals surface area contributed by atoms with E-state index >= 15 is 0 Å². The first kappa shape index (κ1) is 16.5. The Bertz CT molecular complexity index is 981. The highest BCUT2D eigenvalue weighted by atomic mass is 16.5. The van der Waals surface area contributed by atoms with Gasteiger partial charge in [0, 0.05) is 35.9 Å². The van der Waals surface area contributed by atoms with Crippen molar-refractivity contribution >= 4 is 22.6 Å². The number of carbonyl (C=O) groups excluding carboxylic acids is 1. The molecule has 2 N–H and O–H groups in total. The van der Waals surface area contributed by atoms with E-state index in [-0.39, 0.29) is 0 Å². The number of benzene rings is 1. The van der Waals surface area contributed by atoms with E-state index in [9.17, 15) is 4.79 Å². The summed E-state index contributed by atoms with van der Waals surface area (Å²) in [4.78, 5) is 23.1. The molecule has 0 saturated carbocycles. The van der Waals surface area contributed by atoms with Gasteiger partial charge < -0.3 is 15.4 Å². The summed E-state index contributed by atoms with van der Waals surface area (Å²) in [6, 6.07) is 11.7. The number of amides is 1. The van der Waals surface area contributed by atoms with Crippen LogP contribution < -0.4 is 10.6 Å². The van der Waals surface area contributed by atoms with Gasteiger partial charge in [0.2, 0.25) is 5.91 Å². The number of hydrogen-bond donors (Lipinski definition) is 1. The highest BCUT2D eigenvalue weighted by molar-refractivity contribution is 6.01. The molecule has 1 saturated heterocycles. The van der Waals surface area contributed by atoms with E-state index in [0.29, 0.717) is 5.56 Å². The number of morpholine rings is 1. The van der Waals surface area contributed by atoms with Crippen LogP contribution in [-0.4, -0.2) is 42.2 Å². The van der Waals surface area contributed by atoms with Crippen LogP contribution in [0.25, 0.3) is 22.0 Å². The molecule has 0 bridgehead atoms. The first-order chi connectivity index (χ1) is 12.6. The molecule has 1 aliphatic heterocycles. The first-order valence-electron chi connectivity index (χ1n) is 8.63. The minimum atomic E-state index is -0.452. The Kier molecular flexibility index (Phi) is 4.26. The molecule has 1 amide bonds. The van der Waals surface area contributed by atoms with Crippen LogP contribution >= 0.6 is 0 Å². The maximum absolute atomic E-state index is 11.8. The molecule has 3 aromatic rings. The quantitative estimate of drug-likeness (QED) is 0.787. The summed E-state index contributed by atoms with van der Waals surface area (Å²) in [5, 5.41) is 1.01. The molecule has 1 fully saturated rings. The monoisotopic (exact) mass is 348 g/mol. The van der Waals surface area contributed by atoms with Crippen LogP contribution in [0.4, 0.5) is 5.82 Å². The molecule has 1 aromatic carbocycles. The Hall–Kier alpha value is -2.99. The summed E-state index contributed by atoms with van der Waals surface area (Å²) in [6.07, 6.45) is 1.61. The number of nitrogens with zero attached hydrogens (tertiary/aromatic N) is 3. The smallest absolute Gasteiger partial charge is 0.249 e. The highest BCUT2D eigenvalue weighted by Crippen LogP contribution is 2.29. The second-order valence-electron chi connectivity index (χ2n) is 6.36. The minimum absolute atomic E-state index is 0.452. The van der Waals surface area contributed by atoms with Crippen LogP contribution in [0.2, 0.25) is 0 Å². The fourth-order valence-electron chi connectivity index (χ4n) is 3.38. The van der Waals surface area contributed by atoms with Gasteiger partial charge in [-0.1, -0.05) is 6.07 Å². The van der Waals surface area contributed by atoms with Gasteiger partial charge >= 0.3 is 0 Å². The van der Waals surface area contributed by atoms with Crippen molar-refractivity contribution in [2.24, 2.45) is 5.73 Å². The lowest BCUT2D eigenvalue weighted by atomic mass is 9.97. The Morgan fingerprint density at radius 2 is 1.96 bits per heavy atom. The molecule has 0 aliphatic carbocycles. The number of pyridine rings is 2. The summed E-state index contributed by atoms with van der Waals surface area (Å²) < 4.78 is 5.40. The van der Waals surface area contributed by atoms with Crippen LogP contribution in [-0.2, 0) is 4.74 Å². The Labute approximate surface area is 151 Å². The van der Waals surface area contributed by atoms with E-state index in [1.54, 1.807) is 12.3 Å². The number of fused-ring (bicyclic) bond motifs is 1. The van der Waals surface area contributed by atoms with Crippen LogP contribution in [0, 0.1) is 6.92 Å². The van der Waals surface area contributed by atoms with Crippen molar-refractivity contribution in [2.45, 2.75) is 6.92 Å². The molecule has 0 spiro atoms. The largest absolute Gasteiger partial charge is 0.378 e. The van der Waals surface area contributed by atoms with Gasteiger partial charge in [0.1, 0.15) is 5.82 Å². The molecule has 132 valence electrons. The fraction of sp³-hybridized carbons (Fsp3) is 0.250. The number of ether oxygens (including phenoxy) is 1. The normalized spacial score (nSPS) is 14.6. The third-order valence-corrected chi connectivity index (χ3v) is 4.70. The van der Waals surface area contributed by atoms with E-state index in [4.69, 9.17) is 15.5 Å². The zero-order valence-electron chi connectivity index (χ0n) is 14.6. The number of nitrogens with two attached hydrogens (primary N) is 1. The molecule has 0 atom stereocenters. The fourth-order valence-corrected chi connectivity index (χ4v) is 3.38. The lowest BCUT2D eigenvalue weighted by Crippen LogP contribution is -2.36. The summed E-state index contributed by atoms with van der Waals surface area (Å²) in [5.41, 5.74) is 9.41. The molecule has 4 rings (SSSR count). The second-order valence-corrected chi connectivity index (χ2v) is 6.36. The van der Waals surface area contributed by atoms with Crippen molar-refractivity contribution in [1.29, 1.82) is 0 Å². The number of hydrogen-bond acceptors (Lipinski definition) is 5. The van der Waals surface area contributed by atoms with Crippen molar-refractivity contribution in [3.05, 3.63) is 53.9 Å². The van der Waals surface area contributed by atoms with E-state index in [0.717, 1.165) is 59.8 Å². The lowest BCUT2D eigenvalue weighted by Gasteiger charge is -2.27. The van der Waals surface area contributed by atoms with Crippen molar-refractivity contribution in [3.8, 4) is 11.1 Å². The number of aryl methyl sites for hydroxylation is 1. The summed E-state index contributed by atoms with van der Waals surface area (Å²) in [6.45, 7) is 5.05. The molecular formula is C20H20N4O2. The molecule has 6 heteroatoms. The maximum Gasteiger partial charge on any atom is 0.249 e. The second kappa shape index (κ2) is 6.72. The van der Waals surface area contributed by atoms with Crippen molar-refractivity contribution in [2.75, 3.05) is 31.2 Å². The van der Waals surface area contributed by atoms with Gasteiger partial charge in [-0.2, -0.15) is 0 Å². The van der Waals surface area contributed by atoms with Gasteiger partial charge in [-0.05, 0) is 42.8 Å². The van der Waals surface area contributed by atoms with Gasteiger partial charge in [0.05, 0.1) is 24.3 Å². The molecule has 0 radical (unpaired) electrons. The predicted octanol–water partition coefficient (Wildman–Crippen LogP) is 2.54. The first-order valence-corrected chi connectivity index (χ1v) is 8.63. The van der Waals surface area contributed by atoms with Gasteiger partial charge in [-0.25, -0.2) is 4.98 Å². The zero-order valence-corrected chi connectivity index (χ0v) is 14.6. The van der Waals surface area contributed by atoms with E-state index < -0.39 is 5.91 Å². The van der Waals surface area contributed by atoms with Crippen molar-refractivity contribution < 1.29 is 9.53 Å². The SMILES string of the molecule is Cc1nccc(C(N)=O)c1-c1ccc2nc(N3CCOCC3)ccc2c1. The summed E-state index contributed by atoms with van der Waals surface area (Å²) >= 11 is 0.